The van der Waals surface area contributed by atoms with Crippen molar-refractivity contribution in [2.75, 3.05) is 6.26 Å². The number of hydrogen-bond acceptors (Lipinski definition) is 2. The lowest BCUT2D eigenvalue weighted by Gasteiger charge is -2.02. The molecule has 0 saturated carbocycles. The fourth-order valence-electron chi connectivity index (χ4n) is 1.05. The third kappa shape index (κ3) is 1.35. The van der Waals surface area contributed by atoms with E-state index in [9.17, 15) is 4.55 Å². The summed E-state index contributed by atoms with van der Waals surface area (Å²) in [6, 6.07) is 8.92. The average molecular weight is 195 g/mol. The monoisotopic (exact) mass is 195 g/mol. The molecular weight excluding hydrogens is 188 g/mol. The molecule has 0 bridgehead atoms. The summed E-state index contributed by atoms with van der Waals surface area (Å²) in [4.78, 5) is 0.887. The van der Waals surface area contributed by atoms with Crippen LogP contribution in [0.25, 0.3) is 10.1 Å². The molecule has 0 saturated heterocycles. The first kappa shape index (κ1) is 8.10. The van der Waals surface area contributed by atoms with Crippen LogP contribution in [0.5, 0.6) is 0 Å². The zero-order chi connectivity index (χ0) is 8.55. The maximum atomic E-state index is 11.1. The summed E-state index contributed by atoms with van der Waals surface area (Å²) in [5.74, 6) is 0. The molecule has 1 atom stereocenters. The van der Waals surface area contributed by atoms with Gasteiger partial charge in [0.1, 0.15) is 6.26 Å². The molecule has 0 fully saturated rings. The quantitative estimate of drug-likeness (QED) is 0.641. The zero-order valence-electron chi connectivity index (χ0n) is 6.53. The predicted molar refractivity (Wildman–Crippen MR) is 53.0 cm³/mol. The van der Waals surface area contributed by atoms with Crippen molar-refractivity contribution in [3.8, 4) is 0 Å². The molecule has 0 aliphatic heterocycles. The number of thiophene rings is 1. The SMILES string of the molecule is C[S+]([O-])c1ccc2[c]csc2c1. The molecule has 1 aromatic heterocycles. The Morgan fingerprint density at radius 1 is 1.50 bits per heavy atom. The van der Waals surface area contributed by atoms with Gasteiger partial charge in [-0.2, -0.15) is 0 Å². The summed E-state index contributed by atoms with van der Waals surface area (Å²) >= 11 is 0.753. The van der Waals surface area contributed by atoms with Crippen LogP contribution < -0.4 is 0 Å². The van der Waals surface area contributed by atoms with E-state index >= 15 is 0 Å². The molecular formula is C9H7OS2. The normalized spacial score (nSPS) is 13.5. The molecule has 1 aromatic carbocycles. The van der Waals surface area contributed by atoms with Crippen molar-refractivity contribution in [3.05, 3.63) is 29.6 Å². The minimum atomic E-state index is -0.876. The van der Waals surface area contributed by atoms with Gasteiger partial charge in [-0.15, -0.1) is 11.3 Å². The maximum Gasteiger partial charge on any atom is 0.153 e. The van der Waals surface area contributed by atoms with Gasteiger partial charge in [0, 0.05) is 22.2 Å². The van der Waals surface area contributed by atoms with Gasteiger partial charge in [0.2, 0.25) is 0 Å². The molecule has 0 N–H and O–H groups in total. The van der Waals surface area contributed by atoms with E-state index in [0.717, 1.165) is 15.0 Å². The second-order valence-corrected chi connectivity index (χ2v) is 4.78. The van der Waals surface area contributed by atoms with Crippen LogP contribution >= 0.6 is 11.3 Å². The summed E-state index contributed by atoms with van der Waals surface area (Å²) in [5.41, 5.74) is 0. The largest absolute Gasteiger partial charge is 0.612 e. The van der Waals surface area contributed by atoms with Crippen LogP contribution in [0.15, 0.2) is 28.5 Å². The standard InChI is InChI=1S/C9H7OS2/c1-12(10)8-3-2-7-4-5-11-9(7)6-8/h2-3,5-6H,1H3. The van der Waals surface area contributed by atoms with Crippen molar-refractivity contribution < 1.29 is 4.55 Å². The molecule has 0 amide bonds. The summed E-state index contributed by atoms with van der Waals surface area (Å²) in [6.07, 6.45) is 1.69. The molecule has 1 radical (unpaired) electrons. The van der Waals surface area contributed by atoms with Gasteiger partial charge in [0.15, 0.2) is 4.90 Å². The zero-order valence-corrected chi connectivity index (χ0v) is 8.17. The first-order valence-corrected chi connectivity index (χ1v) is 5.93. The topological polar surface area (TPSA) is 23.1 Å². The molecule has 0 spiro atoms. The van der Waals surface area contributed by atoms with Crippen LogP contribution in [0.4, 0.5) is 0 Å². The molecule has 1 heterocycles. The molecule has 61 valence electrons. The van der Waals surface area contributed by atoms with Crippen LogP contribution in [0.2, 0.25) is 0 Å². The lowest BCUT2D eigenvalue weighted by molar-refractivity contribution is 0.601. The number of hydrogen-bond donors (Lipinski definition) is 0. The third-order valence-corrected chi connectivity index (χ3v) is 3.43. The van der Waals surface area contributed by atoms with Gasteiger partial charge < -0.3 is 4.55 Å². The molecule has 1 unspecified atom stereocenters. The highest BCUT2D eigenvalue weighted by atomic mass is 32.2. The predicted octanol–water partition coefficient (Wildman–Crippen LogP) is 2.44. The maximum absolute atomic E-state index is 11.1. The van der Waals surface area contributed by atoms with Crippen LogP contribution in [0.3, 0.4) is 0 Å². The van der Waals surface area contributed by atoms with Gasteiger partial charge in [-0.25, -0.2) is 0 Å². The molecule has 1 nitrogen and oxygen atoms in total. The van der Waals surface area contributed by atoms with Crippen LogP contribution in [-0.2, 0) is 11.2 Å². The van der Waals surface area contributed by atoms with Crippen molar-refractivity contribution in [2.45, 2.75) is 4.90 Å². The van der Waals surface area contributed by atoms with Gasteiger partial charge in [0.25, 0.3) is 0 Å². The van der Waals surface area contributed by atoms with E-state index in [2.05, 4.69) is 6.07 Å². The van der Waals surface area contributed by atoms with Gasteiger partial charge in [-0.05, 0) is 28.7 Å². The highest BCUT2D eigenvalue weighted by molar-refractivity contribution is 7.90. The fraction of sp³-hybridized carbons (Fsp3) is 0.111. The van der Waals surface area contributed by atoms with Crippen molar-refractivity contribution in [1.82, 2.24) is 0 Å². The van der Waals surface area contributed by atoms with Crippen molar-refractivity contribution >= 4 is 32.6 Å². The third-order valence-electron chi connectivity index (χ3n) is 1.69. The molecule has 0 aliphatic rings. The second-order valence-electron chi connectivity index (χ2n) is 2.49. The van der Waals surface area contributed by atoms with Gasteiger partial charge in [0.05, 0.1) is 0 Å². The average Bonchev–Trinajstić information content (AvgIpc) is 2.49. The lowest BCUT2D eigenvalue weighted by atomic mass is 10.3. The van der Waals surface area contributed by atoms with E-state index in [-0.39, 0.29) is 0 Å². The Balaban J connectivity index is 2.60. The molecule has 2 rings (SSSR count). The first-order chi connectivity index (χ1) is 5.77. The van der Waals surface area contributed by atoms with Crippen molar-refractivity contribution in [3.63, 3.8) is 0 Å². The van der Waals surface area contributed by atoms with E-state index in [1.54, 1.807) is 17.6 Å². The minimum absolute atomic E-state index is 0.876. The van der Waals surface area contributed by atoms with Gasteiger partial charge in [-0.3, -0.25) is 0 Å². The molecule has 12 heavy (non-hydrogen) atoms. The van der Waals surface area contributed by atoms with E-state index in [4.69, 9.17) is 0 Å². The highest BCUT2D eigenvalue weighted by Crippen LogP contribution is 2.23. The van der Waals surface area contributed by atoms with E-state index in [1.165, 1.54) is 0 Å². The van der Waals surface area contributed by atoms with E-state index in [0.29, 0.717) is 0 Å². The second kappa shape index (κ2) is 3.09. The minimum Gasteiger partial charge on any atom is -0.612 e. The summed E-state index contributed by atoms with van der Waals surface area (Å²) in [7, 11) is 0. The lowest BCUT2D eigenvalue weighted by Crippen LogP contribution is -1.95. The number of rotatable bonds is 1. The molecule has 2 aromatic rings. The fourth-order valence-corrected chi connectivity index (χ4v) is 2.43. The Labute approximate surface area is 78.2 Å². The highest BCUT2D eigenvalue weighted by Gasteiger charge is 2.04. The number of benzene rings is 1. The Morgan fingerprint density at radius 3 is 3.08 bits per heavy atom. The van der Waals surface area contributed by atoms with Gasteiger partial charge in [-0.1, -0.05) is 0 Å². The van der Waals surface area contributed by atoms with Crippen molar-refractivity contribution in [2.24, 2.45) is 0 Å². The van der Waals surface area contributed by atoms with Crippen molar-refractivity contribution in [1.29, 1.82) is 0 Å². The van der Waals surface area contributed by atoms with Crippen LogP contribution in [-0.4, -0.2) is 10.8 Å². The Kier molecular flexibility index (Phi) is 2.09. The smallest absolute Gasteiger partial charge is 0.153 e. The van der Waals surface area contributed by atoms with E-state index in [1.807, 2.05) is 23.6 Å². The van der Waals surface area contributed by atoms with Gasteiger partial charge >= 0.3 is 0 Å². The summed E-state index contributed by atoms with van der Waals surface area (Å²) in [5, 5.41) is 3.03. The molecule has 0 aliphatic carbocycles. The Hall–Kier alpha value is -0.510. The van der Waals surface area contributed by atoms with Crippen LogP contribution in [0, 0.1) is 6.07 Å². The Morgan fingerprint density at radius 2 is 2.33 bits per heavy atom. The molecule has 3 heteroatoms. The Bertz CT molecular complexity index is 392. The number of fused-ring (bicyclic) bond motifs is 1. The van der Waals surface area contributed by atoms with Crippen LogP contribution in [0.1, 0.15) is 0 Å². The van der Waals surface area contributed by atoms with E-state index < -0.39 is 11.2 Å². The first-order valence-electron chi connectivity index (χ1n) is 3.50. The summed E-state index contributed by atoms with van der Waals surface area (Å²) in [6.45, 7) is 0. The summed E-state index contributed by atoms with van der Waals surface area (Å²) < 4.78 is 12.3.